The van der Waals surface area contributed by atoms with Crippen molar-refractivity contribution in [3.05, 3.63) is 43.7 Å². The van der Waals surface area contributed by atoms with Crippen LogP contribution in [0.2, 0.25) is 0 Å². The minimum absolute atomic E-state index is 0.0825. The van der Waals surface area contributed by atoms with Crippen molar-refractivity contribution in [3.8, 4) is 0 Å². The first-order valence-electron chi connectivity index (χ1n) is 5.11. The van der Waals surface area contributed by atoms with Crippen molar-refractivity contribution in [1.29, 1.82) is 0 Å². The van der Waals surface area contributed by atoms with E-state index in [4.69, 9.17) is 0 Å². The third-order valence-electron chi connectivity index (χ3n) is 2.57. The molecule has 0 fully saturated rings. The zero-order chi connectivity index (χ0) is 12.4. The van der Waals surface area contributed by atoms with Gasteiger partial charge in [-0.25, -0.2) is 4.68 Å². The van der Waals surface area contributed by atoms with Crippen LogP contribution in [0, 0.1) is 3.57 Å². The van der Waals surface area contributed by atoms with Crippen LogP contribution in [-0.4, -0.2) is 22.0 Å². The predicted molar refractivity (Wildman–Crippen MR) is 78.8 cm³/mol. The lowest BCUT2D eigenvalue weighted by Crippen LogP contribution is -2.21. The summed E-state index contributed by atoms with van der Waals surface area (Å²) in [6.45, 7) is 0. The lowest BCUT2D eigenvalue weighted by atomic mass is 10.0. The Kier molecular flexibility index (Phi) is 4.16. The molecule has 0 amide bonds. The molecular formula is C11H12BrIN4. The minimum Gasteiger partial charge on any atom is -0.308 e. The third kappa shape index (κ3) is 2.69. The smallest absolute Gasteiger partial charge is 0.153 e. The molecule has 1 aromatic heterocycles. The lowest BCUT2D eigenvalue weighted by molar-refractivity contribution is 0.597. The van der Waals surface area contributed by atoms with Gasteiger partial charge in [-0.3, -0.25) is 0 Å². The Hall–Kier alpha value is -0.470. The molecule has 0 radical (unpaired) electrons. The second-order valence-corrected chi connectivity index (χ2v) is 5.66. The van der Waals surface area contributed by atoms with Crippen molar-refractivity contribution in [3.63, 3.8) is 0 Å². The maximum Gasteiger partial charge on any atom is 0.153 e. The van der Waals surface area contributed by atoms with Gasteiger partial charge in [0, 0.05) is 10.6 Å². The number of halogens is 2. The van der Waals surface area contributed by atoms with Crippen molar-refractivity contribution in [2.24, 2.45) is 7.05 Å². The van der Waals surface area contributed by atoms with E-state index in [9.17, 15) is 0 Å². The van der Waals surface area contributed by atoms with E-state index in [0.717, 1.165) is 10.3 Å². The molecule has 0 saturated carbocycles. The monoisotopic (exact) mass is 406 g/mol. The quantitative estimate of drug-likeness (QED) is 0.796. The van der Waals surface area contributed by atoms with Crippen molar-refractivity contribution < 1.29 is 0 Å². The van der Waals surface area contributed by atoms with E-state index in [0.29, 0.717) is 0 Å². The molecule has 1 atom stereocenters. The Bertz CT molecular complexity index is 506. The maximum absolute atomic E-state index is 4.02. The topological polar surface area (TPSA) is 42.7 Å². The fourth-order valence-electron chi connectivity index (χ4n) is 1.79. The highest BCUT2D eigenvalue weighted by Gasteiger charge is 2.20. The van der Waals surface area contributed by atoms with Gasteiger partial charge in [-0.1, -0.05) is 17.3 Å². The molecule has 17 heavy (non-hydrogen) atoms. The van der Waals surface area contributed by atoms with E-state index in [-0.39, 0.29) is 6.04 Å². The average Bonchev–Trinajstić information content (AvgIpc) is 2.62. The molecule has 0 aliphatic carbocycles. The number of rotatable bonds is 3. The first kappa shape index (κ1) is 13.0. The Morgan fingerprint density at radius 1 is 1.47 bits per heavy atom. The third-order valence-corrected chi connectivity index (χ3v) is 3.81. The van der Waals surface area contributed by atoms with Gasteiger partial charge in [-0.05, 0) is 63.3 Å². The van der Waals surface area contributed by atoms with E-state index in [1.807, 2.05) is 14.1 Å². The van der Waals surface area contributed by atoms with Gasteiger partial charge in [0.2, 0.25) is 0 Å². The van der Waals surface area contributed by atoms with Crippen LogP contribution in [0.15, 0.2) is 28.9 Å². The minimum atomic E-state index is 0.0825. The standard InChI is InChI=1S/C11H12BrIN4/c1-14-9(7-4-3-5-8(13)6-7)10-11(12)15-16-17(10)2/h3-6,9,14H,1-2H3. The van der Waals surface area contributed by atoms with E-state index in [1.165, 1.54) is 9.13 Å². The SMILES string of the molecule is CNC(c1cccc(I)c1)c1c(Br)nnn1C. The van der Waals surface area contributed by atoms with Crippen LogP contribution in [0.4, 0.5) is 0 Å². The normalized spacial score (nSPS) is 12.7. The second-order valence-electron chi connectivity index (χ2n) is 3.67. The summed E-state index contributed by atoms with van der Waals surface area (Å²) in [4.78, 5) is 0. The molecule has 0 spiro atoms. The van der Waals surface area contributed by atoms with Gasteiger partial charge in [0.1, 0.15) is 0 Å². The van der Waals surface area contributed by atoms with Gasteiger partial charge >= 0.3 is 0 Å². The number of aryl methyl sites for hydroxylation is 1. The number of benzene rings is 1. The van der Waals surface area contributed by atoms with Crippen LogP contribution >= 0.6 is 38.5 Å². The summed E-state index contributed by atoms with van der Waals surface area (Å²) >= 11 is 5.75. The largest absolute Gasteiger partial charge is 0.308 e. The maximum atomic E-state index is 4.02. The Labute approximate surface area is 122 Å². The van der Waals surface area contributed by atoms with E-state index < -0.39 is 0 Å². The highest BCUT2D eigenvalue weighted by Crippen LogP contribution is 2.27. The fraction of sp³-hybridized carbons (Fsp3) is 0.273. The molecule has 4 nitrogen and oxygen atoms in total. The van der Waals surface area contributed by atoms with E-state index in [2.05, 4.69) is 78.4 Å². The van der Waals surface area contributed by atoms with E-state index in [1.54, 1.807) is 4.68 Å². The van der Waals surface area contributed by atoms with Gasteiger partial charge < -0.3 is 5.32 Å². The summed E-state index contributed by atoms with van der Waals surface area (Å²) < 4.78 is 3.77. The molecule has 0 aliphatic rings. The highest BCUT2D eigenvalue weighted by molar-refractivity contribution is 14.1. The Morgan fingerprint density at radius 3 is 2.76 bits per heavy atom. The molecule has 1 N–H and O–H groups in total. The molecule has 0 bridgehead atoms. The molecule has 1 heterocycles. The van der Waals surface area contributed by atoms with Gasteiger partial charge in [-0.2, -0.15) is 0 Å². The first-order chi connectivity index (χ1) is 8.13. The number of hydrogen-bond donors (Lipinski definition) is 1. The molecule has 6 heteroatoms. The zero-order valence-corrected chi connectivity index (χ0v) is 13.2. The van der Waals surface area contributed by atoms with Crippen molar-refractivity contribution >= 4 is 38.5 Å². The van der Waals surface area contributed by atoms with Gasteiger partial charge in [0.25, 0.3) is 0 Å². The van der Waals surface area contributed by atoms with Crippen LogP contribution in [0.5, 0.6) is 0 Å². The van der Waals surface area contributed by atoms with Crippen molar-refractivity contribution in [1.82, 2.24) is 20.3 Å². The molecule has 90 valence electrons. The highest BCUT2D eigenvalue weighted by atomic mass is 127. The zero-order valence-electron chi connectivity index (χ0n) is 9.48. The Balaban J connectivity index is 2.47. The molecule has 2 aromatic rings. The number of aromatic nitrogens is 3. The van der Waals surface area contributed by atoms with Crippen LogP contribution in [0.3, 0.4) is 0 Å². The van der Waals surface area contributed by atoms with Crippen LogP contribution in [-0.2, 0) is 7.05 Å². The summed E-state index contributed by atoms with van der Waals surface area (Å²) in [5.41, 5.74) is 2.22. The van der Waals surface area contributed by atoms with E-state index >= 15 is 0 Å². The molecular weight excluding hydrogens is 395 g/mol. The number of nitrogens with zero attached hydrogens (tertiary/aromatic N) is 3. The first-order valence-corrected chi connectivity index (χ1v) is 6.98. The van der Waals surface area contributed by atoms with Crippen molar-refractivity contribution in [2.75, 3.05) is 7.05 Å². The van der Waals surface area contributed by atoms with Crippen LogP contribution < -0.4 is 5.32 Å². The van der Waals surface area contributed by atoms with Crippen LogP contribution in [0.1, 0.15) is 17.3 Å². The molecule has 0 aliphatic heterocycles. The molecule has 2 rings (SSSR count). The molecule has 1 aromatic carbocycles. The van der Waals surface area contributed by atoms with Gasteiger partial charge in [-0.15, -0.1) is 5.10 Å². The molecule has 1 unspecified atom stereocenters. The van der Waals surface area contributed by atoms with Crippen molar-refractivity contribution in [2.45, 2.75) is 6.04 Å². The van der Waals surface area contributed by atoms with Crippen LogP contribution in [0.25, 0.3) is 0 Å². The average molecular weight is 407 g/mol. The summed E-state index contributed by atoms with van der Waals surface area (Å²) in [6.07, 6.45) is 0. The predicted octanol–water partition coefficient (Wildman–Crippen LogP) is 2.49. The lowest BCUT2D eigenvalue weighted by Gasteiger charge is -2.17. The summed E-state index contributed by atoms with van der Waals surface area (Å²) in [7, 11) is 3.83. The van der Waals surface area contributed by atoms with Gasteiger partial charge in [0.05, 0.1) is 11.7 Å². The fourth-order valence-corrected chi connectivity index (χ4v) is 2.92. The summed E-state index contributed by atoms with van der Waals surface area (Å²) in [6, 6.07) is 8.47. The molecule has 0 saturated heterocycles. The summed E-state index contributed by atoms with van der Waals surface area (Å²) in [5, 5.41) is 11.3. The summed E-state index contributed by atoms with van der Waals surface area (Å²) in [5.74, 6) is 0. The van der Waals surface area contributed by atoms with Gasteiger partial charge in [0.15, 0.2) is 4.60 Å². The second kappa shape index (κ2) is 5.45. The number of nitrogens with one attached hydrogen (secondary N) is 1. The number of hydrogen-bond acceptors (Lipinski definition) is 3. The Morgan fingerprint density at radius 2 is 2.24 bits per heavy atom.